The largest absolute Gasteiger partial charge is 0.437 e. The normalized spacial score (nSPS) is 10.1. The monoisotopic (exact) mass is 221 g/mol. The summed E-state index contributed by atoms with van der Waals surface area (Å²) in [7, 11) is 0. The molecule has 1 N–H and O–H groups in total. The number of hydrogen-bond acceptors (Lipinski definition) is 4. The van der Waals surface area contributed by atoms with Crippen molar-refractivity contribution < 1.29 is 9.13 Å². The Kier molecular flexibility index (Phi) is 2.63. The lowest BCUT2D eigenvalue weighted by Crippen LogP contribution is -1.85. The van der Waals surface area contributed by atoms with Crippen LogP contribution in [0, 0.1) is 17.6 Å². The third kappa shape index (κ3) is 2.05. The second-order valence-corrected chi connectivity index (χ2v) is 3.20. The second-order valence-electron chi connectivity index (χ2n) is 3.20. The first-order valence-electron chi connectivity index (χ1n) is 4.52. The van der Waals surface area contributed by atoms with Crippen molar-refractivity contribution in [2.45, 2.75) is 6.92 Å². The number of ether oxygens (including phenoxy) is 1. The SMILES string of the molecule is Cc1cc(Oc2ccc(N=O)c(F)c2)n[nH]1. The molecular weight excluding hydrogens is 213 g/mol. The van der Waals surface area contributed by atoms with Gasteiger partial charge in [0.2, 0.25) is 5.88 Å². The van der Waals surface area contributed by atoms with Gasteiger partial charge in [-0.15, -0.1) is 10.0 Å². The Morgan fingerprint density at radius 2 is 2.25 bits per heavy atom. The molecule has 0 aliphatic rings. The van der Waals surface area contributed by atoms with E-state index in [-0.39, 0.29) is 11.4 Å². The van der Waals surface area contributed by atoms with Crippen LogP contribution in [-0.2, 0) is 0 Å². The van der Waals surface area contributed by atoms with Crippen molar-refractivity contribution in [2.24, 2.45) is 5.18 Å². The number of rotatable bonds is 3. The summed E-state index contributed by atoms with van der Waals surface area (Å²) in [5.41, 5.74) is 0.590. The fourth-order valence-electron chi connectivity index (χ4n) is 1.19. The molecule has 0 aliphatic carbocycles. The maximum atomic E-state index is 13.2. The standard InChI is InChI=1S/C10H8FN3O2/c1-6-4-10(13-12-6)16-7-2-3-9(14-15)8(11)5-7/h2-5H,1H3,(H,12,13). The second kappa shape index (κ2) is 4.09. The predicted molar refractivity (Wildman–Crippen MR) is 55.3 cm³/mol. The Labute approximate surface area is 90.2 Å². The van der Waals surface area contributed by atoms with Gasteiger partial charge in [-0.3, -0.25) is 5.10 Å². The molecule has 2 rings (SSSR count). The van der Waals surface area contributed by atoms with Crippen LogP contribution < -0.4 is 4.74 Å². The van der Waals surface area contributed by atoms with Gasteiger partial charge in [-0.25, -0.2) is 4.39 Å². The number of nitroso groups, excluding NO2 is 1. The molecule has 1 heterocycles. The summed E-state index contributed by atoms with van der Waals surface area (Å²) in [5.74, 6) is -0.125. The van der Waals surface area contributed by atoms with Gasteiger partial charge in [0.1, 0.15) is 11.4 Å². The molecule has 82 valence electrons. The number of H-pyrrole nitrogens is 1. The lowest BCUT2D eigenvalue weighted by molar-refractivity contribution is 0.457. The van der Waals surface area contributed by atoms with Crippen LogP contribution in [-0.4, -0.2) is 10.2 Å². The molecule has 0 amide bonds. The van der Waals surface area contributed by atoms with Crippen LogP contribution >= 0.6 is 0 Å². The van der Waals surface area contributed by atoms with Crippen molar-refractivity contribution in [1.82, 2.24) is 10.2 Å². The molecule has 0 aliphatic heterocycles. The number of aromatic amines is 1. The Balaban J connectivity index is 2.22. The van der Waals surface area contributed by atoms with Gasteiger partial charge < -0.3 is 4.74 Å². The Bertz CT molecular complexity index is 525. The van der Waals surface area contributed by atoms with Crippen LogP contribution in [0.25, 0.3) is 0 Å². The number of nitrogens with zero attached hydrogens (tertiary/aromatic N) is 2. The minimum absolute atomic E-state index is 0.245. The maximum Gasteiger partial charge on any atom is 0.238 e. The summed E-state index contributed by atoms with van der Waals surface area (Å²) in [6.07, 6.45) is 0. The lowest BCUT2D eigenvalue weighted by Gasteiger charge is -2.01. The van der Waals surface area contributed by atoms with Gasteiger partial charge in [-0.1, -0.05) is 0 Å². The summed E-state index contributed by atoms with van der Waals surface area (Å²) in [6, 6.07) is 5.45. The molecule has 2 aromatic rings. The predicted octanol–water partition coefficient (Wildman–Crippen LogP) is 3.05. The quantitative estimate of drug-likeness (QED) is 0.810. The summed E-state index contributed by atoms with van der Waals surface area (Å²) in [4.78, 5) is 10.2. The lowest BCUT2D eigenvalue weighted by atomic mass is 10.3. The van der Waals surface area contributed by atoms with Crippen LogP contribution in [0.2, 0.25) is 0 Å². The van der Waals surface area contributed by atoms with Crippen LogP contribution in [0.15, 0.2) is 29.4 Å². The molecule has 0 unspecified atom stereocenters. The zero-order valence-corrected chi connectivity index (χ0v) is 8.40. The van der Waals surface area contributed by atoms with Gasteiger partial charge in [0.05, 0.1) is 0 Å². The minimum Gasteiger partial charge on any atom is -0.437 e. The first-order valence-corrected chi connectivity index (χ1v) is 4.52. The molecule has 0 spiro atoms. The molecule has 6 heteroatoms. The van der Waals surface area contributed by atoms with Gasteiger partial charge in [-0.2, -0.15) is 0 Å². The number of nitrogens with one attached hydrogen (secondary N) is 1. The number of benzene rings is 1. The molecule has 5 nitrogen and oxygen atoms in total. The molecule has 1 aromatic heterocycles. The summed E-state index contributed by atoms with van der Waals surface area (Å²) >= 11 is 0. The van der Waals surface area contributed by atoms with Crippen molar-refractivity contribution in [3.05, 3.63) is 40.7 Å². The van der Waals surface area contributed by atoms with E-state index in [1.165, 1.54) is 12.1 Å². The van der Waals surface area contributed by atoms with Crippen LogP contribution in [0.1, 0.15) is 5.69 Å². The Hall–Kier alpha value is -2.24. The fourth-order valence-corrected chi connectivity index (χ4v) is 1.19. The van der Waals surface area contributed by atoms with E-state index in [0.717, 1.165) is 11.8 Å². The number of aromatic nitrogens is 2. The zero-order valence-electron chi connectivity index (χ0n) is 8.40. The third-order valence-electron chi connectivity index (χ3n) is 1.92. The summed E-state index contributed by atoms with van der Waals surface area (Å²) < 4.78 is 18.4. The van der Waals surface area contributed by atoms with E-state index >= 15 is 0 Å². The van der Waals surface area contributed by atoms with E-state index in [0.29, 0.717) is 5.88 Å². The Morgan fingerprint density at radius 1 is 1.44 bits per heavy atom. The van der Waals surface area contributed by atoms with Crippen LogP contribution in [0.3, 0.4) is 0 Å². The molecular formula is C10H8FN3O2. The first kappa shape index (κ1) is 10.3. The Morgan fingerprint density at radius 3 is 2.81 bits per heavy atom. The van der Waals surface area contributed by atoms with Crippen LogP contribution in [0.4, 0.5) is 10.1 Å². The van der Waals surface area contributed by atoms with Crippen molar-refractivity contribution in [1.29, 1.82) is 0 Å². The highest BCUT2D eigenvalue weighted by atomic mass is 19.1. The molecule has 1 aromatic carbocycles. The number of hydrogen-bond donors (Lipinski definition) is 1. The topological polar surface area (TPSA) is 67.3 Å². The molecule has 0 atom stereocenters. The molecule has 0 bridgehead atoms. The molecule has 0 fully saturated rings. The van der Waals surface area contributed by atoms with E-state index in [2.05, 4.69) is 15.4 Å². The van der Waals surface area contributed by atoms with Gasteiger partial charge in [0.25, 0.3) is 0 Å². The van der Waals surface area contributed by atoms with E-state index in [1.54, 1.807) is 6.07 Å². The van der Waals surface area contributed by atoms with E-state index in [4.69, 9.17) is 4.74 Å². The van der Waals surface area contributed by atoms with Crippen molar-refractivity contribution in [3.63, 3.8) is 0 Å². The average Bonchev–Trinajstić information content (AvgIpc) is 2.64. The van der Waals surface area contributed by atoms with Crippen molar-refractivity contribution in [3.8, 4) is 11.6 Å². The number of aryl methyl sites for hydroxylation is 1. The van der Waals surface area contributed by atoms with Crippen molar-refractivity contribution >= 4 is 5.69 Å². The average molecular weight is 221 g/mol. The smallest absolute Gasteiger partial charge is 0.238 e. The molecule has 0 saturated heterocycles. The van der Waals surface area contributed by atoms with Gasteiger partial charge >= 0.3 is 0 Å². The van der Waals surface area contributed by atoms with Gasteiger partial charge in [0, 0.05) is 17.8 Å². The maximum absolute atomic E-state index is 13.2. The zero-order chi connectivity index (χ0) is 11.5. The molecule has 16 heavy (non-hydrogen) atoms. The van der Waals surface area contributed by atoms with E-state index < -0.39 is 5.82 Å². The third-order valence-corrected chi connectivity index (χ3v) is 1.92. The summed E-state index contributed by atoms with van der Waals surface area (Å²) in [6.45, 7) is 1.82. The van der Waals surface area contributed by atoms with Gasteiger partial charge in [-0.05, 0) is 24.2 Å². The highest BCUT2D eigenvalue weighted by Crippen LogP contribution is 2.25. The fraction of sp³-hybridized carbons (Fsp3) is 0.100. The summed E-state index contributed by atoms with van der Waals surface area (Å²) in [5, 5.41) is 9.04. The minimum atomic E-state index is -0.722. The van der Waals surface area contributed by atoms with Gasteiger partial charge in [0.15, 0.2) is 5.82 Å². The van der Waals surface area contributed by atoms with E-state index in [1.807, 2.05) is 6.92 Å². The van der Waals surface area contributed by atoms with Crippen LogP contribution in [0.5, 0.6) is 11.6 Å². The van der Waals surface area contributed by atoms with Crippen molar-refractivity contribution in [2.75, 3.05) is 0 Å². The first-order chi connectivity index (χ1) is 7.69. The molecule has 0 radical (unpaired) electrons. The highest BCUT2D eigenvalue weighted by Gasteiger charge is 2.06. The number of halogens is 1. The van der Waals surface area contributed by atoms with E-state index in [9.17, 15) is 9.30 Å². The highest BCUT2D eigenvalue weighted by molar-refractivity contribution is 5.43. The molecule has 0 saturated carbocycles.